The van der Waals surface area contributed by atoms with E-state index in [2.05, 4.69) is 35.0 Å². The van der Waals surface area contributed by atoms with Crippen LogP contribution in [0.15, 0.2) is 35.0 Å². The van der Waals surface area contributed by atoms with Crippen molar-refractivity contribution >= 4 is 86.4 Å². The standard InChI is InChI=1S/C8H6P2S6/c11-9(7-3-1-5-13-7)15-10(12,16-9)8-4-2-6-14-8/h1-6H. The van der Waals surface area contributed by atoms with Crippen LogP contribution in [-0.4, -0.2) is 0 Å². The number of thiophene rings is 2. The van der Waals surface area contributed by atoms with Gasteiger partial charge in [0.25, 0.3) is 0 Å². The molecule has 0 unspecified atom stereocenters. The lowest BCUT2D eigenvalue weighted by atomic mass is 10.7. The van der Waals surface area contributed by atoms with Crippen LogP contribution in [0.1, 0.15) is 0 Å². The van der Waals surface area contributed by atoms with Gasteiger partial charge < -0.3 is 0 Å². The molecule has 3 rings (SSSR count). The lowest BCUT2D eigenvalue weighted by molar-refractivity contribution is 2.07. The third-order valence-corrected chi connectivity index (χ3v) is 38.2. The van der Waals surface area contributed by atoms with E-state index in [0.29, 0.717) is 0 Å². The molecular weight excluding hydrogens is 350 g/mol. The molecule has 0 aliphatic carbocycles. The van der Waals surface area contributed by atoms with Crippen LogP contribution < -0.4 is 9.24 Å². The molecule has 84 valence electrons. The molecule has 0 spiro atoms. The third kappa shape index (κ3) is 2.06. The van der Waals surface area contributed by atoms with Crippen molar-refractivity contribution in [1.29, 1.82) is 0 Å². The van der Waals surface area contributed by atoms with Gasteiger partial charge in [0.2, 0.25) is 0 Å². The molecule has 0 amide bonds. The quantitative estimate of drug-likeness (QED) is 0.705. The molecule has 0 bridgehead atoms. The van der Waals surface area contributed by atoms with Gasteiger partial charge in [-0.25, -0.2) is 0 Å². The van der Waals surface area contributed by atoms with Gasteiger partial charge in [0.1, 0.15) is 8.88 Å². The summed E-state index contributed by atoms with van der Waals surface area (Å²) in [6, 6.07) is 8.50. The summed E-state index contributed by atoms with van der Waals surface area (Å²) in [5.74, 6) is 0. The molecule has 0 radical (unpaired) electrons. The van der Waals surface area contributed by atoms with E-state index in [1.807, 2.05) is 22.0 Å². The summed E-state index contributed by atoms with van der Waals surface area (Å²) in [5, 5.41) is 4.22. The number of hydrogen-bond acceptors (Lipinski definition) is 6. The van der Waals surface area contributed by atoms with Crippen LogP contribution in [0.5, 0.6) is 0 Å². The highest BCUT2D eigenvalue weighted by Gasteiger charge is 2.46. The van der Waals surface area contributed by atoms with Gasteiger partial charge in [0.15, 0.2) is 0 Å². The van der Waals surface area contributed by atoms with Gasteiger partial charge in [0, 0.05) is 0 Å². The first-order valence-electron chi connectivity index (χ1n) is 4.33. The predicted molar refractivity (Wildman–Crippen MR) is 91.7 cm³/mol. The molecule has 0 N–H and O–H groups in total. The fraction of sp³-hybridized carbons (Fsp3) is 0. The summed E-state index contributed by atoms with van der Waals surface area (Å²) in [5.41, 5.74) is 0. The molecule has 2 aromatic heterocycles. The normalized spacial score (nSPS) is 33.5. The molecule has 1 aliphatic rings. The smallest absolute Gasteiger partial charge is 0.106 e. The molecule has 0 atom stereocenters. The Labute approximate surface area is 120 Å². The van der Waals surface area contributed by atoms with Crippen molar-refractivity contribution in [3.05, 3.63) is 35.0 Å². The predicted octanol–water partition coefficient (Wildman–Crippen LogP) is 4.86. The van der Waals surface area contributed by atoms with Crippen LogP contribution in [-0.2, 0) is 23.6 Å². The van der Waals surface area contributed by atoms with Crippen LogP contribution in [0.3, 0.4) is 0 Å². The van der Waals surface area contributed by atoms with E-state index in [1.165, 1.54) is 9.24 Å². The highest BCUT2D eigenvalue weighted by atomic mass is 33.7. The Bertz CT molecular complexity index is 518. The first kappa shape index (κ1) is 12.4. The zero-order chi connectivity index (χ0) is 11.2. The summed E-state index contributed by atoms with van der Waals surface area (Å²) in [7, 11) is 0. The van der Waals surface area contributed by atoms with Crippen molar-refractivity contribution in [2.45, 2.75) is 0 Å². The molecule has 1 saturated heterocycles. The molecule has 1 fully saturated rings. The second-order valence-electron chi connectivity index (χ2n) is 3.06. The topological polar surface area (TPSA) is 0 Å². The van der Waals surface area contributed by atoms with Crippen molar-refractivity contribution in [3.8, 4) is 0 Å². The summed E-state index contributed by atoms with van der Waals surface area (Å²) < 4.78 is -0.106. The van der Waals surface area contributed by atoms with Gasteiger partial charge >= 0.3 is 0 Å². The number of rotatable bonds is 2. The van der Waals surface area contributed by atoms with Crippen molar-refractivity contribution in [1.82, 2.24) is 0 Å². The summed E-state index contributed by atoms with van der Waals surface area (Å²) in [4.78, 5) is 0. The fourth-order valence-corrected chi connectivity index (χ4v) is 49.5. The molecule has 2 aromatic rings. The minimum absolute atomic E-state index is 1.37. The minimum Gasteiger partial charge on any atom is -0.142 e. The largest absolute Gasteiger partial charge is 0.142 e. The van der Waals surface area contributed by atoms with E-state index in [4.69, 9.17) is 23.6 Å². The fourth-order valence-electron chi connectivity index (χ4n) is 1.30. The maximum absolute atomic E-state index is 5.79. The molecule has 16 heavy (non-hydrogen) atoms. The Hall–Kier alpha value is 1.40. The van der Waals surface area contributed by atoms with Crippen LogP contribution >= 0.6 is 53.6 Å². The second-order valence-corrected chi connectivity index (χ2v) is 26.8. The van der Waals surface area contributed by atoms with Gasteiger partial charge in [-0.2, -0.15) is 0 Å². The SMILES string of the molecule is S=P1(c2cccs2)SP(=S)(c2cccs2)S1. The maximum atomic E-state index is 5.79. The van der Waals surface area contributed by atoms with Gasteiger partial charge in [0.05, 0.1) is 9.24 Å². The molecule has 0 nitrogen and oxygen atoms in total. The molecule has 1 aliphatic heterocycles. The summed E-state index contributed by atoms with van der Waals surface area (Å²) >= 11 is 19.0. The maximum Gasteiger partial charge on any atom is 0.106 e. The number of hydrogen-bond donors (Lipinski definition) is 0. The van der Waals surface area contributed by atoms with Crippen molar-refractivity contribution in [3.63, 3.8) is 0 Å². The minimum atomic E-state index is -1.42. The van der Waals surface area contributed by atoms with Crippen LogP contribution in [0.2, 0.25) is 0 Å². The Morgan fingerprint density at radius 3 is 1.56 bits per heavy atom. The third-order valence-electron chi connectivity index (χ3n) is 1.98. The average molecular weight is 356 g/mol. The van der Waals surface area contributed by atoms with Gasteiger partial charge in [-0.05, 0) is 22.9 Å². The van der Waals surface area contributed by atoms with Crippen molar-refractivity contribution in [2.75, 3.05) is 0 Å². The molecule has 0 aromatic carbocycles. The van der Waals surface area contributed by atoms with Crippen LogP contribution in [0.4, 0.5) is 0 Å². The summed E-state index contributed by atoms with van der Waals surface area (Å²) in [6.45, 7) is 0. The highest BCUT2D eigenvalue weighted by molar-refractivity contribution is 9.48. The Balaban J connectivity index is 1.90. The first-order valence-corrected chi connectivity index (χ1v) is 15.8. The van der Waals surface area contributed by atoms with Gasteiger partial charge in [-0.15, -0.1) is 22.7 Å². The summed E-state index contributed by atoms with van der Waals surface area (Å²) in [6.07, 6.45) is 0. The lowest BCUT2D eigenvalue weighted by Gasteiger charge is -2.38. The Morgan fingerprint density at radius 1 is 0.812 bits per heavy atom. The zero-order valence-corrected chi connectivity index (χ0v) is 14.5. The van der Waals surface area contributed by atoms with E-state index >= 15 is 0 Å². The highest BCUT2D eigenvalue weighted by Crippen LogP contribution is 3.04. The Morgan fingerprint density at radius 2 is 1.25 bits per heavy atom. The zero-order valence-electron chi connectivity index (χ0n) is 7.81. The van der Waals surface area contributed by atoms with E-state index in [0.717, 1.165) is 0 Å². The molecule has 0 saturated carbocycles. The van der Waals surface area contributed by atoms with Gasteiger partial charge in [-0.1, -0.05) is 57.7 Å². The first-order chi connectivity index (χ1) is 7.62. The van der Waals surface area contributed by atoms with Gasteiger partial charge in [-0.3, -0.25) is 0 Å². The van der Waals surface area contributed by atoms with Crippen molar-refractivity contribution in [2.24, 2.45) is 0 Å². The lowest BCUT2D eigenvalue weighted by Crippen LogP contribution is -2.03. The van der Waals surface area contributed by atoms with Crippen LogP contribution in [0, 0.1) is 0 Å². The van der Waals surface area contributed by atoms with E-state index in [9.17, 15) is 0 Å². The Kier molecular flexibility index (Phi) is 3.50. The van der Waals surface area contributed by atoms with E-state index in [-0.39, 0.29) is 0 Å². The van der Waals surface area contributed by atoms with Crippen LogP contribution in [0.25, 0.3) is 0 Å². The molecular formula is C8H6P2S6. The second kappa shape index (κ2) is 4.50. The van der Waals surface area contributed by atoms with E-state index < -0.39 is 8.88 Å². The average Bonchev–Trinajstić information content (AvgIpc) is 2.89. The monoisotopic (exact) mass is 356 g/mol. The van der Waals surface area contributed by atoms with E-state index in [1.54, 1.807) is 22.7 Å². The van der Waals surface area contributed by atoms with Crippen molar-refractivity contribution < 1.29 is 0 Å². The molecule has 8 heteroatoms. The molecule has 3 heterocycles.